The number of carbonyl (C=O) groups is 2. The molecule has 0 aliphatic carbocycles. The Morgan fingerprint density at radius 3 is 2.48 bits per heavy atom. The first-order chi connectivity index (χ1) is 13.8. The van der Waals surface area contributed by atoms with Gasteiger partial charge in [-0.15, -0.1) is 0 Å². The van der Waals surface area contributed by atoms with Crippen molar-refractivity contribution < 1.29 is 14.3 Å². The Labute approximate surface area is 178 Å². The number of nitrogens with one attached hydrogen (secondary N) is 1. The molecule has 0 aliphatic rings. The van der Waals surface area contributed by atoms with Crippen LogP contribution in [0, 0.1) is 13.8 Å². The quantitative estimate of drug-likeness (QED) is 0.578. The van der Waals surface area contributed by atoms with Gasteiger partial charge in [0.15, 0.2) is 6.61 Å². The smallest absolute Gasteiger partial charge is 0.342 e. The number of halogens is 1. The Bertz CT molecular complexity index is 1050. The van der Waals surface area contributed by atoms with Gasteiger partial charge in [0, 0.05) is 27.6 Å². The number of hydrogen-bond donors (Lipinski definition) is 1. The summed E-state index contributed by atoms with van der Waals surface area (Å²) < 4.78 is 6.79. The molecular weight excluding hydrogens is 410 g/mol. The number of aryl methyl sites for hydroxylation is 2. The molecule has 3 aromatic rings. The zero-order valence-electron chi connectivity index (χ0n) is 16.2. The normalized spacial score (nSPS) is 10.6. The number of nitrogens with zero attached hydrogens (tertiary/aromatic N) is 2. The van der Waals surface area contributed by atoms with E-state index in [1.165, 1.54) is 11.8 Å². The molecule has 0 bridgehead atoms. The van der Waals surface area contributed by atoms with Gasteiger partial charge in [0.2, 0.25) is 0 Å². The summed E-state index contributed by atoms with van der Waals surface area (Å²) in [4.78, 5) is 26.5. The summed E-state index contributed by atoms with van der Waals surface area (Å²) in [5.41, 5.74) is 2.29. The molecule has 0 unspecified atom stereocenters. The molecular formula is C21H20ClN3O3S. The highest BCUT2D eigenvalue weighted by Gasteiger charge is 2.20. The molecule has 0 saturated heterocycles. The molecule has 6 nitrogen and oxygen atoms in total. The van der Waals surface area contributed by atoms with Crippen LogP contribution < -0.4 is 5.32 Å². The number of amides is 1. The second-order valence-corrected chi connectivity index (χ2v) is 7.90. The highest BCUT2D eigenvalue weighted by atomic mass is 35.5. The first-order valence-electron chi connectivity index (χ1n) is 8.84. The van der Waals surface area contributed by atoms with E-state index in [2.05, 4.69) is 10.4 Å². The number of benzene rings is 2. The monoisotopic (exact) mass is 429 g/mol. The van der Waals surface area contributed by atoms with Gasteiger partial charge >= 0.3 is 5.97 Å². The van der Waals surface area contributed by atoms with Crippen LogP contribution in [0.4, 0.5) is 5.69 Å². The summed E-state index contributed by atoms with van der Waals surface area (Å²) in [5.74, 6) is -0.978. The van der Waals surface area contributed by atoms with Crippen LogP contribution in [0.25, 0.3) is 0 Å². The van der Waals surface area contributed by atoms with E-state index in [4.69, 9.17) is 16.3 Å². The molecule has 150 valence electrons. The minimum absolute atomic E-state index is 0.382. The summed E-state index contributed by atoms with van der Waals surface area (Å²) in [6.45, 7) is 3.13. The SMILES string of the molecule is Cc1nn(C)c(C)c1C(=O)OCC(=O)Nc1ccccc1Sc1ccc(Cl)cc1. The standard InChI is InChI=1S/C21H20ClN3O3S/c1-13-20(14(2)25(3)24-13)21(27)28-12-19(26)23-17-6-4-5-7-18(17)29-16-10-8-15(22)9-11-16/h4-11H,12H2,1-3H3,(H,23,26). The molecule has 0 aliphatic heterocycles. The van der Waals surface area contributed by atoms with Crippen molar-refractivity contribution in [2.75, 3.05) is 11.9 Å². The van der Waals surface area contributed by atoms with Crippen LogP contribution in [0.2, 0.25) is 5.02 Å². The summed E-state index contributed by atoms with van der Waals surface area (Å²) in [7, 11) is 1.75. The zero-order valence-corrected chi connectivity index (χ0v) is 17.8. The van der Waals surface area contributed by atoms with Gasteiger partial charge in [-0.3, -0.25) is 9.48 Å². The number of aromatic nitrogens is 2. The van der Waals surface area contributed by atoms with Crippen LogP contribution in [0.15, 0.2) is 58.3 Å². The summed E-state index contributed by atoms with van der Waals surface area (Å²) in [5, 5.41) is 7.65. The number of hydrogen-bond acceptors (Lipinski definition) is 5. The maximum atomic E-state index is 12.3. The molecule has 0 radical (unpaired) electrons. The lowest BCUT2D eigenvalue weighted by atomic mass is 10.2. The Balaban J connectivity index is 1.63. The molecule has 1 heterocycles. The largest absolute Gasteiger partial charge is 0.452 e. The third-order valence-electron chi connectivity index (χ3n) is 4.25. The van der Waals surface area contributed by atoms with Crippen LogP contribution in [-0.4, -0.2) is 28.3 Å². The third kappa shape index (κ3) is 5.19. The molecule has 0 fully saturated rings. The predicted molar refractivity (Wildman–Crippen MR) is 114 cm³/mol. The van der Waals surface area contributed by atoms with E-state index in [1.54, 1.807) is 31.6 Å². The van der Waals surface area contributed by atoms with Crippen molar-refractivity contribution in [1.82, 2.24) is 9.78 Å². The average molecular weight is 430 g/mol. The van der Waals surface area contributed by atoms with Crippen LogP contribution in [0.5, 0.6) is 0 Å². The summed E-state index contributed by atoms with van der Waals surface area (Å²) in [6, 6.07) is 14.9. The molecule has 29 heavy (non-hydrogen) atoms. The molecule has 0 saturated carbocycles. The lowest BCUT2D eigenvalue weighted by Gasteiger charge is -2.11. The molecule has 0 spiro atoms. The third-order valence-corrected chi connectivity index (χ3v) is 5.59. The predicted octanol–water partition coefficient (Wildman–Crippen LogP) is 4.64. The molecule has 1 aromatic heterocycles. The van der Waals surface area contributed by atoms with Gasteiger partial charge in [0.05, 0.1) is 11.4 Å². The van der Waals surface area contributed by atoms with Crippen molar-refractivity contribution >= 4 is 40.9 Å². The second-order valence-electron chi connectivity index (χ2n) is 6.35. The highest BCUT2D eigenvalue weighted by Crippen LogP contribution is 2.33. The Morgan fingerprint density at radius 2 is 1.83 bits per heavy atom. The minimum atomic E-state index is -0.563. The van der Waals surface area contributed by atoms with E-state index < -0.39 is 11.9 Å². The van der Waals surface area contributed by atoms with Crippen molar-refractivity contribution in [1.29, 1.82) is 0 Å². The lowest BCUT2D eigenvalue weighted by Crippen LogP contribution is -2.21. The first-order valence-corrected chi connectivity index (χ1v) is 10.0. The van der Waals surface area contributed by atoms with E-state index in [-0.39, 0.29) is 6.61 Å². The maximum absolute atomic E-state index is 12.3. The maximum Gasteiger partial charge on any atom is 0.342 e. The highest BCUT2D eigenvalue weighted by molar-refractivity contribution is 7.99. The van der Waals surface area contributed by atoms with Gasteiger partial charge in [-0.1, -0.05) is 35.5 Å². The van der Waals surface area contributed by atoms with Gasteiger partial charge in [-0.2, -0.15) is 5.10 Å². The number of anilines is 1. The van der Waals surface area contributed by atoms with Gasteiger partial charge < -0.3 is 10.1 Å². The van der Waals surface area contributed by atoms with Crippen LogP contribution >= 0.6 is 23.4 Å². The second kappa shape index (κ2) is 9.15. The van der Waals surface area contributed by atoms with E-state index >= 15 is 0 Å². The van der Waals surface area contributed by atoms with Gasteiger partial charge in [0.25, 0.3) is 5.91 Å². The van der Waals surface area contributed by atoms with Gasteiger partial charge in [-0.25, -0.2) is 4.79 Å². The summed E-state index contributed by atoms with van der Waals surface area (Å²) >= 11 is 7.43. The topological polar surface area (TPSA) is 73.2 Å². The number of carbonyl (C=O) groups excluding carboxylic acids is 2. The van der Waals surface area contributed by atoms with Crippen molar-refractivity contribution in [3.8, 4) is 0 Å². The van der Waals surface area contributed by atoms with Crippen molar-refractivity contribution in [3.63, 3.8) is 0 Å². The number of esters is 1. The van der Waals surface area contributed by atoms with Crippen LogP contribution in [0.3, 0.4) is 0 Å². The first kappa shape index (κ1) is 21.0. The minimum Gasteiger partial charge on any atom is -0.452 e. The Hall–Kier alpha value is -2.77. The number of rotatable bonds is 6. The number of ether oxygens (including phenoxy) is 1. The van der Waals surface area contributed by atoms with Crippen LogP contribution in [-0.2, 0) is 16.6 Å². The van der Waals surface area contributed by atoms with Crippen molar-refractivity contribution in [3.05, 3.63) is 70.5 Å². The van der Waals surface area contributed by atoms with Crippen LogP contribution in [0.1, 0.15) is 21.7 Å². The molecule has 2 aromatic carbocycles. The number of para-hydroxylation sites is 1. The molecule has 1 amide bonds. The fourth-order valence-corrected chi connectivity index (χ4v) is 3.77. The van der Waals surface area contributed by atoms with E-state index in [1.807, 2.05) is 42.5 Å². The van der Waals surface area contributed by atoms with Gasteiger partial charge in [-0.05, 0) is 50.2 Å². The van der Waals surface area contributed by atoms with Gasteiger partial charge in [0.1, 0.15) is 5.56 Å². The molecule has 1 N–H and O–H groups in total. The Morgan fingerprint density at radius 1 is 1.14 bits per heavy atom. The van der Waals surface area contributed by atoms with Crippen molar-refractivity contribution in [2.24, 2.45) is 7.05 Å². The lowest BCUT2D eigenvalue weighted by molar-refractivity contribution is -0.119. The fraction of sp³-hybridized carbons (Fsp3) is 0.190. The van der Waals surface area contributed by atoms with Crippen molar-refractivity contribution in [2.45, 2.75) is 23.6 Å². The molecule has 8 heteroatoms. The van der Waals surface area contributed by atoms with E-state index in [9.17, 15) is 9.59 Å². The Kier molecular flexibility index (Phi) is 6.61. The van der Waals surface area contributed by atoms with E-state index in [0.29, 0.717) is 27.7 Å². The molecule has 3 rings (SSSR count). The average Bonchev–Trinajstić information content (AvgIpc) is 2.95. The summed E-state index contributed by atoms with van der Waals surface area (Å²) in [6.07, 6.45) is 0. The zero-order chi connectivity index (χ0) is 21.0. The molecule has 0 atom stereocenters. The van der Waals surface area contributed by atoms with E-state index in [0.717, 1.165) is 9.79 Å². The fourth-order valence-electron chi connectivity index (χ4n) is 2.75.